The van der Waals surface area contributed by atoms with Gasteiger partial charge in [-0.3, -0.25) is 0 Å². The maximum absolute atomic E-state index is 5.47. The van der Waals surface area contributed by atoms with E-state index in [0.717, 1.165) is 29.4 Å². The lowest BCUT2D eigenvalue weighted by Gasteiger charge is -2.17. The van der Waals surface area contributed by atoms with Gasteiger partial charge in [-0.1, -0.05) is 36.3 Å². The van der Waals surface area contributed by atoms with Crippen LogP contribution in [0.3, 0.4) is 0 Å². The Bertz CT molecular complexity index is 748. The third-order valence-electron chi connectivity index (χ3n) is 3.98. The molecule has 0 saturated heterocycles. The molecule has 0 N–H and O–H groups in total. The molecule has 3 nitrogen and oxygen atoms in total. The van der Waals surface area contributed by atoms with Crippen molar-refractivity contribution in [2.45, 2.75) is 19.4 Å². The molecule has 0 spiro atoms. The number of fused-ring (bicyclic) bond motifs is 1. The first kappa shape index (κ1) is 12.7. The van der Waals surface area contributed by atoms with Crippen molar-refractivity contribution in [1.82, 2.24) is 5.16 Å². The molecule has 0 aliphatic carbocycles. The van der Waals surface area contributed by atoms with Crippen LogP contribution in [0, 0.1) is 0 Å². The van der Waals surface area contributed by atoms with Crippen molar-refractivity contribution in [1.29, 1.82) is 0 Å². The van der Waals surface area contributed by atoms with Crippen molar-refractivity contribution in [3.63, 3.8) is 0 Å². The lowest BCUT2D eigenvalue weighted by Crippen LogP contribution is -2.20. The highest BCUT2D eigenvalue weighted by atomic mass is 32.1. The molecular formula is C17H16N2OS. The predicted molar refractivity (Wildman–Crippen MR) is 85.7 cm³/mol. The van der Waals surface area contributed by atoms with Gasteiger partial charge in [-0.2, -0.15) is 0 Å². The average Bonchev–Trinajstić information content (AvgIpc) is 3.21. The second kappa shape index (κ2) is 5.04. The highest BCUT2D eigenvalue weighted by molar-refractivity contribution is 7.13. The van der Waals surface area contributed by atoms with Crippen molar-refractivity contribution in [3.8, 4) is 10.6 Å². The van der Waals surface area contributed by atoms with E-state index in [1.807, 2.05) is 6.07 Å². The molecule has 2 aromatic heterocycles. The van der Waals surface area contributed by atoms with Crippen LogP contribution in [0.25, 0.3) is 10.6 Å². The van der Waals surface area contributed by atoms with Crippen molar-refractivity contribution in [2.75, 3.05) is 11.4 Å². The molecule has 21 heavy (non-hydrogen) atoms. The molecule has 0 fully saturated rings. The zero-order chi connectivity index (χ0) is 14.2. The van der Waals surface area contributed by atoms with Crippen LogP contribution in [-0.2, 0) is 6.54 Å². The topological polar surface area (TPSA) is 29.3 Å². The van der Waals surface area contributed by atoms with Gasteiger partial charge < -0.3 is 9.42 Å². The Balaban J connectivity index is 1.58. The van der Waals surface area contributed by atoms with E-state index < -0.39 is 0 Å². The summed E-state index contributed by atoms with van der Waals surface area (Å²) in [6.07, 6.45) is 0. The minimum absolute atomic E-state index is 0.574. The lowest BCUT2D eigenvalue weighted by atomic mass is 10.0. The van der Waals surface area contributed by atoms with Crippen LogP contribution < -0.4 is 4.90 Å². The summed E-state index contributed by atoms with van der Waals surface area (Å²) in [6, 6.07) is 14.8. The van der Waals surface area contributed by atoms with Crippen LogP contribution in [0.2, 0.25) is 0 Å². The maximum atomic E-state index is 5.47. The van der Waals surface area contributed by atoms with E-state index in [4.69, 9.17) is 4.52 Å². The lowest BCUT2D eigenvalue weighted by molar-refractivity contribution is 0.423. The van der Waals surface area contributed by atoms with Gasteiger partial charge in [0, 0.05) is 24.2 Å². The Labute approximate surface area is 127 Å². The summed E-state index contributed by atoms with van der Waals surface area (Å²) in [5.41, 5.74) is 3.74. The Hall–Kier alpha value is -2.07. The first-order valence-electron chi connectivity index (χ1n) is 7.14. The molecule has 3 heterocycles. The highest BCUT2D eigenvalue weighted by Gasteiger charge is 2.25. The number of aromatic nitrogens is 1. The summed E-state index contributed by atoms with van der Waals surface area (Å²) >= 11 is 1.67. The smallest absolute Gasteiger partial charge is 0.177 e. The Morgan fingerprint density at radius 3 is 3.05 bits per heavy atom. The number of anilines is 1. The van der Waals surface area contributed by atoms with Gasteiger partial charge in [-0.05, 0) is 23.1 Å². The van der Waals surface area contributed by atoms with Gasteiger partial charge in [0.15, 0.2) is 5.76 Å². The van der Waals surface area contributed by atoms with Crippen molar-refractivity contribution < 1.29 is 4.52 Å². The second-order valence-corrected chi connectivity index (χ2v) is 6.45. The molecule has 1 aliphatic heterocycles. The number of hydrogen-bond acceptors (Lipinski definition) is 4. The van der Waals surface area contributed by atoms with Gasteiger partial charge >= 0.3 is 0 Å². The quantitative estimate of drug-likeness (QED) is 0.711. The van der Waals surface area contributed by atoms with Crippen molar-refractivity contribution >= 4 is 17.0 Å². The standard InChI is InChI=1S/C17H16N2OS/c1-12-10-19(15-6-3-2-5-14(12)15)11-13-9-16(20-18-13)17-7-4-8-21-17/h2-9,12H,10-11H2,1H3/t12-/m0/s1. The fourth-order valence-electron chi connectivity index (χ4n) is 2.99. The fourth-order valence-corrected chi connectivity index (χ4v) is 3.66. The zero-order valence-corrected chi connectivity index (χ0v) is 12.6. The number of nitrogens with zero attached hydrogens (tertiary/aromatic N) is 2. The van der Waals surface area contributed by atoms with E-state index in [2.05, 4.69) is 58.8 Å². The highest BCUT2D eigenvalue weighted by Crippen LogP contribution is 2.36. The summed E-state index contributed by atoms with van der Waals surface area (Å²) in [6.45, 7) is 4.12. The monoisotopic (exact) mass is 296 g/mol. The average molecular weight is 296 g/mol. The Kier molecular flexibility index (Phi) is 3.04. The summed E-state index contributed by atoms with van der Waals surface area (Å²) in [5, 5.41) is 6.28. The van der Waals surface area contributed by atoms with E-state index in [0.29, 0.717) is 5.92 Å². The number of para-hydroxylation sites is 1. The largest absolute Gasteiger partial charge is 0.365 e. The zero-order valence-electron chi connectivity index (χ0n) is 11.8. The number of hydrogen-bond donors (Lipinski definition) is 0. The fraction of sp³-hybridized carbons (Fsp3) is 0.235. The molecule has 3 aromatic rings. The molecule has 0 saturated carbocycles. The molecular weight excluding hydrogens is 280 g/mol. The predicted octanol–water partition coefficient (Wildman–Crippen LogP) is 4.53. The van der Waals surface area contributed by atoms with Gasteiger partial charge in [-0.15, -0.1) is 11.3 Å². The van der Waals surface area contributed by atoms with Crippen LogP contribution >= 0.6 is 11.3 Å². The van der Waals surface area contributed by atoms with E-state index in [1.54, 1.807) is 11.3 Å². The minimum atomic E-state index is 0.574. The SMILES string of the molecule is C[C@H]1CN(Cc2cc(-c3cccs3)on2)c2ccccc21. The van der Waals surface area contributed by atoms with Gasteiger partial charge in [0.2, 0.25) is 0 Å². The van der Waals surface area contributed by atoms with Crippen LogP contribution in [0.15, 0.2) is 52.4 Å². The summed E-state index contributed by atoms with van der Waals surface area (Å²) in [7, 11) is 0. The molecule has 106 valence electrons. The van der Waals surface area contributed by atoms with Crippen LogP contribution in [0.4, 0.5) is 5.69 Å². The molecule has 4 heteroatoms. The summed E-state index contributed by atoms with van der Waals surface area (Å²) in [4.78, 5) is 3.51. The van der Waals surface area contributed by atoms with Crippen LogP contribution in [0.1, 0.15) is 24.1 Å². The van der Waals surface area contributed by atoms with Gasteiger partial charge in [-0.25, -0.2) is 0 Å². The first-order valence-corrected chi connectivity index (χ1v) is 8.02. The molecule has 1 atom stereocenters. The molecule has 0 radical (unpaired) electrons. The van der Waals surface area contributed by atoms with Crippen molar-refractivity contribution in [2.24, 2.45) is 0 Å². The van der Waals surface area contributed by atoms with Gasteiger partial charge in [0.05, 0.1) is 11.4 Å². The summed E-state index contributed by atoms with van der Waals surface area (Å²) in [5.74, 6) is 1.44. The Morgan fingerprint density at radius 1 is 1.29 bits per heavy atom. The molecule has 0 amide bonds. The van der Waals surface area contributed by atoms with Crippen molar-refractivity contribution in [3.05, 3.63) is 59.1 Å². The van der Waals surface area contributed by atoms with E-state index >= 15 is 0 Å². The van der Waals surface area contributed by atoms with Gasteiger partial charge in [0.1, 0.15) is 5.69 Å². The molecule has 0 bridgehead atoms. The maximum Gasteiger partial charge on any atom is 0.177 e. The van der Waals surface area contributed by atoms with Crippen LogP contribution in [-0.4, -0.2) is 11.7 Å². The first-order chi connectivity index (χ1) is 10.3. The summed E-state index contributed by atoms with van der Waals surface area (Å²) < 4.78 is 5.47. The van der Waals surface area contributed by atoms with Crippen LogP contribution in [0.5, 0.6) is 0 Å². The minimum Gasteiger partial charge on any atom is -0.365 e. The molecule has 4 rings (SSSR count). The van der Waals surface area contributed by atoms with E-state index in [-0.39, 0.29) is 0 Å². The van der Waals surface area contributed by atoms with E-state index in [1.165, 1.54) is 11.3 Å². The normalized spacial score (nSPS) is 17.2. The Morgan fingerprint density at radius 2 is 2.19 bits per heavy atom. The van der Waals surface area contributed by atoms with E-state index in [9.17, 15) is 0 Å². The van der Waals surface area contributed by atoms with Gasteiger partial charge in [0.25, 0.3) is 0 Å². The third kappa shape index (κ3) is 2.25. The number of benzene rings is 1. The third-order valence-corrected chi connectivity index (χ3v) is 4.86. The molecule has 1 aliphatic rings. The molecule has 0 unspecified atom stereocenters. The second-order valence-electron chi connectivity index (χ2n) is 5.50. The number of rotatable bonds is 3. The molecule has 1 aromatic carbocycles. The number of thiophene rings is 1.